The fraction of sp³-hybridized carbons (Fsp3) is 0.250. The molecule has 1 aromatic carbocycles. The number of hydrogen-bond donors (Lipinski definition) is 2. The molecule has 0 bridgehead atoms. The molecule has 1 aliphatic heterocycles. The first-order valence-corrected chi connectivity index (χ1v) is 8.86. The number of amides is 4. The zero-order valence-corrected chi connectivity index (χ0v) is 15.3. The van der Waals surface area contributed by atoms with Gasteiger partial charge in [-0.3, -0.25) is 19.4 Å². The molecule has 8 nitrogen and oxygen atoms in total. The third kappa shape index (κ3) is 3.75. The van der Waals surface area contributed by atoms with E-state index in [2.05, 4.69) is 0 Å². The second kappa shape index (κ2) is 7.99. The van der Waals surface area contributed by atoms with Crippen molar-refractivity contribution in [1.82, 2.24) is 9.80 Å². The summed E-state index contributed by atoms with van der Waals surface area (Å²) in [6, 6.07) is 6.37. The molecule has 0 unspecified atom stereocenters. The van der Waals surface area contributed by atoms with E-state index in [1.54, 1.807) is 12.1 Å². The Morgan fingerprint density at radius 1 is 1.07 bits per heavy atom. The molecule has 0 aliphatic carbocycles. The van der Waals surface area contributed by atoms with Crippen LogP contribution in [0.1, 0.15) is 31.1 Å². The van der Waals surface area contributed by atoms with E-state index in [9.17, 15) is 24.6 Å². The van der Waals surface area contributed by atoms with E-state index >= 15 is 0 Å². The van der Waals surface area contributed by atoms with E-state index in [1.807, 2.05) is 6.92 Å². The standard InChI is InChI=1S/C20H20N2O6/c1-2-3-8-21-18(25)16(10-13-6-7-14(23)11-17(13)24)19(26)22(20(21)27)12-15-5-4-9-28-15/h4-7,9-11,23-24H,2-3,8,12H2,1H3/b16-10+. The largest absolute Gasteiger partial charge is 0.508 e. The van der Waals surface area contributed by atoms with E-state index in [0.29, 0.717) is 12.2 Å². The molecule has 2 N–H and O–H groups in total. The van der Waals surface area contributed by atoms with Gasteiger partial charge in [-0.1, -0.05) is 13.3 Å². The zero-order chi connectivity index (χ0) is 20.3. The third-order valence-corrected chi connectivity index (χ3v) is 4.36. The smallest absolute Gasteiger partial charge is 0.334 e. The van der Waals surface area contributed by atoms with Crippen LogP contribution in [0.15, 0.2) is 46.6 Å². The number of barbiturate groups is 1. The van der Waals surface area contributed by atoms with Crippen molar-refractivity contribution in [1.29, 1.82) is 0 Å². The summed E-state index contributed by atoms with van der Waals surface area (Å²) in [5, 5.41) is 19.4. The highest BCUT2D eigenvalue weighted by Crippen LogP contribution is 2.28. The highest BCUT2D eigenvalue weighted by molar-refractivity contribution is 6.30. The Hall–Kier alpha value is -3.55. The predicted octanol–water partition coefficient (Wildman–Crippen LogP) is 2.87. The summed E-state index contributed by atoms with van der Waals surface area (Å²) in [4.78, 5) is 40.4. The number of carbonyl (C=O) groups is 3. The number of aromatic hydroxyl groups is 2. The third-order valence-electron chi connectivity index (χ3n) is 4.36. The van der Waals surface area contributed by atoms with Crippen LogP contribution in [0.4, 0.5) is 4.79 Å². The minimum absolute atomic E-state index is 0.112. The van der Waals surface area contributed by atoms with Gasteiger partial charge in [0.05, 0.1) is 12.8 Å². The van der Waals surface area contributed by atoms with Gasteiger partial charge in [0.15, 0.2) is 0 Å². The van der Waals surface area contributed by atoms with Crippen molar-refractivity contribution >= 4 is 23.9 Å². The van der Waals surface area contributed by atoms with Crippen molar-refractivity contribution in [3.8, 4) is 11.5 Å². The van der Waals surface area contributed by atoms with Crippen LogP contribution >= 0.6 is 0 Å². The second-order valence-electron chi connectivity index (χ2n) is 6.36. The van der Waals surface area contributed by atoms with Crippen LogP contribution in [0, 0.1) is 0 Å². The number of hydrogen-bond acceptors (Lipinski definition) is 6. The Bertz CT molecular complexity index is 932. The van der Waals surface area contributed by atoms with Gasteiger partial charge in [-0.05, 0) is 36.8 Å². The number of urea groups is 1. The molecule has 2 aromatic rings. The van der Waals surface area contributed by atoms with Gasteiger partial charge in [0.1, 0.15) is 22.8 Å². The first-order chi connectivity index (χ1) is 13.4. The van der Waals surface area contributed by atoms with E-state index in [-0.39, 0.29) is 35.7 Å². The van der Waals surface area contributed by atoms with Crippen LogP contribution in [0.2, 0.25) is 0 Å². The molecule has 146 valence electrons. The molecule has 0 saturated carbocycles. The van der Waals surface area contributed by atoms with Gasteiger partial charge in [-0.15, -0.1) is 0 Å². The van der Waals surface area contributed by atoms with Crippen molar-refractivity contribution in [2.24, 2.45) is 0 Å². The number of unbranched alkanes of at least 4 members (excludes halogenated alkanes) is 1. The Kier molecular flexibility index (Phi) is 5.49. The molecule has 4 amide bonds. The van der Waals surface area contributed by atoms with Crippen molar-refractivity contribution in [3.63, 3.8) is 0 Å². The van der Waals surface area contributed by atoms with E-state index in [1.165, 1.54) is 24.5 Å². The Labute approximate surface area is 161 Å². The predicted molar refractivity (Wildman–Crippen MR) is 99.0 cm³/mol. The van der Waals surface area contributed by atoms with Crippen LogP contribution in [0.25, 0.3) is 6.08 Å². The van der Waals surface area contributed by atoms with Crippen LogP contribution in [-0.2, 0) is 16.1 Å². The lowest BCUT2D eigenvalue weighted by molar-refractivity contribution is -0.136. The van der Waals surface area contributed by atoms with Crippen molar-refractivity contribution < 1.29 is 29.0 Å². The molecular weight excluding hydrogens is 364 g/mol. The SMILES string of the molecule is CCCCN1C(=O)/C(=C\c2ccc(O)cc2O)C(=O)N(Cc2ccco2)C1=O. The second-order valence-corrected chi connectivity index (χ2v) is 6.36. The maximum atomic E-state index is 12.9. The van der Waals surface area contributed by atoms with Gasteiger partial charge in [0, 0.05) is 18.2 Å². The van der Waals surface area contributed by atoms with Crippen molar-refractivity contribution in [2.75, 3.05) is 6.54 Å². The number of phenolic OH excluding ortho intramolecular Hbond substituents is 2. The lowest BCUT2D eigenvalue weighted by Gasteiger charge is -2.33. The van der Waals surface area contributed by atoms with Gasteiger partial charge < -0.3 is 14.6 Å². The van der Waals surface area contributed by atoms with Gasteiger partial charge in [0.25, 0.3) is 11.8 Å². The zero-order valence-electron chi connectivity index (χ0n) is 15.3. The molecule has 0 spiro atoms. The normalized spacial score (nSPS) is 16.3. The van der Waals surface area contributed by atoms with Crippen LogP contribution < -0.4 is 0 Å². The Morgan fingerprint density at radius 3 is 2.46 bits per heavy atom. The highest BCUT2D eigenvalue weighted by Gasteiger charge is 2.42. The monoisotopic (exact) mass is 384 g/mol. The molecule has 0 radical (unpaired) electrons. The lowest BCUT2D eigenvalue weighted by atomic mass is 10.0. The fourth-order valence-corrected chi connectivity index (χ4v) is 2.85. The Morgan fingerprint density at radius 2 is 1.82 bits per heavy atom. The minimum Gasteiger partial charge on any atom is -0.508 e. The lowest BCUT2D eigenvalue weighted by Crippen LogP contribution is -2.56. The molecular formula is C20H20N2O6. The molecule has 1 aliphatic rings. The maximum absolute atomic E-state index is 12.9. The average molecular weight is 384 g/mol. The number of carbonyl (C=O) groups excluding carboxylic acids is 3. The first-order valence-electron chi connectivity index (χ1n) is 8.86. The van der Waals surface area contributed by atoms with E-state index in [0.717, 1.165) is 22.3 Å². The quantitative estimate of drug-likeness (QED) is 0.585. The van der Waals surface area contributed by atoms with Crippen LogP contribution in [0.5, 0.6) is 11.5 Å². The summed E-state index contributed by atoms with van der Waals surface area (Å²) < 4.78 is 5.23. The van der Waals surface area contributed by atoms with Crippen molar-refractivity contribution in [2.45, 2.75) is 26.3 Å². The molecule has 8 heteroatoms. The van der Waals surface area contributed by atoms with E-state index in [4.69, 9.17) is 4.42 Å². The van der Waals surface area contributed by atoms with Crippen LogP contribution in [-0.4, -0.2) is 44.4 Å². The summed E-state index contributed by atoms with van der Waals surface area (Å²) in [5.74, 6) is -1.53. The molecule has 1 fully saturated rings. The summed E-state index contributed by atoms with van der Waals surface area (Å²) in [6.07, 6.45) is 4.01. The van der Waals surface area contributed by atoms with Crippen molar-refractivity contribution in [3.05, 3.63) is 53.5 Å². The number of imide groups is 2. The Balaban J connectivity index is 2.01. The molecule has 1 saturated heterocycles. The summed E-state index contributed by atoms with van der Waals surface area (Å²) in [5.41, 5.74) is -0.0690. The first kappa shape index (κ1) is 19.2. The summed E-state index contributed by atoms with van der Waals surface area (Å²) in [6.45, 7) is 1.99. The summed E-state index contributed by atoms with van der Waals surface area (Å²) >= 11 is 0. The topological polar surface area (TPSA) is 111 Å². The molecule has 3 rings (SSSR count). The number of benzene rings is 1. The molecule has 2 heterocycles. The number of phenols is 2. The number of furan rings is 1. The van der Waals surface area contributed by atoms with E-state index < -0.39 is 17.8 Å². The maximum Gasteiger partial charge on any atom is 0.334 e. The molecule has 0 atom stereocenters. The van der Waals surface area contributed by atoms with Gasteiger partial charge in [0.2, 0.25) is 0 Å². The number of rotatable bonds is 6. The minimum atomic E-state index is -0.772. The average Bonchev–Trinajstić information content (AvgIpc) is 3.17. The molecule has 1 aromatic heterocycles. The number of nitrogens with zero attached hydrogens (tertiary/aromatic N) is 2. The van der Waals surface area contributed by atoms with Gasteiger partial charge in [-0.25, -0.2) is 4.79 Å². The highest BCUT2D eigenvalue weighted by atomic mass is 16.3. The van der Waals surface area contributed by atoms with Crippen LogP contribution in [0.3, 0.4) is 0 Å². The van der Waals surface area contributed by atoms with Gasteiger partial charge >= 0.3 is 6.03 Å². The fourth-order valence-electron chi connectivity index (χ4n) is 2.85. The summed E-state index contributed by atoms with van der Waals surface area (Å²) in [7, 11) is 0. The van der Waals surface area contributed by atoms with Gasteiger partial charge in [-0.2, -0.15) is 0 Å². The molecule has 28 heavy (non-hydrogen) atoms.